The highest BCUT2D eigenvalue weighted by Crippen LogP contribution is 2.18. The number of nitrogens with zero attached hydrogens (tertiary/aromatic N) is 1. The molecule has 0 N–H and O–H groups in total. The third-order valence-corrected chi connectivity index (χ3v) is 5.56. The SMILES string of the molecule is CCN(C(=O)/C=C/c1ccc(OC)cc1)[C@H]1CCS(=O)(=O)C1. The van der Waals surface area contributed by atoms with E-state index in [-0.39, 0.29) is 23.5 Å². The first kappa shape index (κ1) is 16.5. The first-order valence-corrected chi connectivity index (χ1v) is 9.10. The maximum Gasteiger partial charge on any atom is 0.246 e. The van der Waals surface area contributed by atoms with Crippen molar-refractivity contribution in [3.05, 3.63) is 35.9 Å². The second-order valence-corrected chi connectivity index (χ2v) is 7.52. The van der Waals surface area contributed by atoms with E-state index in [1.165, 1.54) is 6.08 Å². The third-order valence-electron chi connectivity index (χ3n) is 3.81. The normalized spacial score (nSPS) is 20.2. The number of sulfone groups is 1. The molecule has 1 fully saturated rings. The molecule has 2 rings (SSSR count). The predicted molar refractivity (Wildman–Crippen MR) is 86.5 cm³/mol. The molecule has 1 aliphatic heterocycles. The molecule has 1 amide bonds. The van der Waals surface area contributed by atoms with Gasteiger partial charge in [-0.25, -0.2) is 8.42 Å². The lowest BCUT2D eigenvalue weighted by Gasteiger charge is -2.25. The van der Waals surface area contributed by atoms with Crippen molar-refractivity contribution < 1.29 is 17.9 Å². The molecule has 0 radical (unpaired) electrons. The lowest BCUT2D eigenvalue weighted by atomic mass is 10.2. The first-order chi connectivity index (χ1) is 10.4. The molecule has 0 bridgehead atoms. The van der Waals surface area contributed by atoms with Crippen LogP contribution >= 0.6 is 0 Å². The predicted octanol–water partition coefficient (Wildman–Crippen LogP) is 1.74. The molecular formula is C16H21NO4S. The first-order valence-electron chi connectivity index (χ1n) is 7.28. The van der Waals surface area contributed by atoms with Crippen LogP contribution in [0.4, 0.5) is 0 Å². The van der Waals surface area contributed by atoms with E-state index in [0.29, 0.717) is 13.0 Å². The topological polar surface area (TPSA) is 63.7 Å². The Kier molecular flexibility index (Phi) is 5.24. The van der Waals surface area contributed by atoms with Gasteiger partial charge in [0.25, 0.3) is 0 Å². The van der Waals surface area contributed by atoms with Crippen molar-refractivity contribution in [1.29, 1.82) is 0 Å². The summed E-state index contributed by atoms with van der Waals surface area (Å²) >= 11 is 0. The number of rotatable bonds is 5. The van der Waals surface area contributed by atoms with Crippen LogP contribution in [-0.4, -0.2) is 50.4 Å². The van der Waals surface area contributed by atoms with Gasteiger partial charge in [0, 0.05) is 18.7 Å². The highest BCUT2D eigenvalue weighted by atomic mass is 32.2. The average Bonchev–Trinajstić information content (AvgIpc) is 2.86. The number of carbonyl (C=O) groups excluding carboxylic acids is 1. The molecule has 1 heterocycles. The number of likely N-dealkylation sites (N-methyl/N-ethyl adjacent to an activating group) is 1. The van der Waals surface area contributed by atoms with E-state index in [9.17, 15) is 13.2 Å². The molecule has 5 nitrogen and oxygen atoms in total. The molecule has 1 saturated heterocycles. The maximum absolute atomic E-state index is 12.3. The van der Waals surface area contributed by atoms with E-state index in [1.807, 2.05) is 31.2 Å². The molecule has 1 atom stereocenters. The molecule has 1 aromatic rings. The van der Waals surface area contributed by atoms with Crippen LogP contribution in [0.25, 0.3) is 6.08 Å². The summed E-state index contributed by atoms with van der Waals surface area (Å²) in [6.45, 7) is 2.37. The molecule has 6 heteroatoms. The summed E-state index contributed by atoms with van der Waals surface area (Å²) in [6, 6.07) is 7.16. The van der Waals surface area contributed by atoms with Gasteiger partial charge in [-0.3, -0.25) is 4.79 Å². The summed E-state index contributed by atoms with van der Waals surface area (Å²) in [5.41, 5.74) is 0.893. The van der Waals surface area contributed by atoms with E-state index in [0.717, 1.165) is 11.3 Å². The zero-order valence-electron chi connectivity index (χ0n) is 12.9. The number of hydrogen-bond donors (Lipinski definition) is 0. The lowest BCUT2D eigenvalue weighted by molar-refractivity contribution is -0.127. The van der Waals surface area contributed by atoms with E-state index in [1.54, 1.807) is 18.1 Å². The Morgan fingerprint density at radius 3 is 2.55 bits per heavy atom. The maximum atomic E-state index is 12.3. The molecular weight excluding hydrogens is 302 g/mol. The van der Waals surface area contributed by atoms with E-state index in [2.05, 4.69) is 0 Å². The Morgan fingerprint density at radius 2 is 2.05 bits per heavy atom. The third kappa shape index (κ3) is 4.10. The van der Waals surface area contributed by atoms with E-state index >= 15 is 0 Å². The summed E-state index contributed by atoms with van der Waals surface area (Å²) in [5.74, 6) is 0.849. The van der Waals surface area contributed by atoms with E-state index in [4.69, 9.17) is 4.74 Å². The van der Waals surface area contributed by atoms with Gasteiger partial charge in [-0.15, -0.1) is 0 Å². The van der Waals surface area contributed by atoms with Crippen LogP contribution in [0.3, 0.4) is 0 Å². The zero-order chi connectivity index (χ0) is 16.2. The summed E-state index contributed by atoms with van der Waals surface area (Å²) in [5, 5.41) is 0. The van der Waals surface area contributed by atoms with Crippen LogP contribution in [-0.2, 0) is 14.6 Å². The minimum atomic E-state index is -2.99. The van der Waals surface area contributed by atoms with Crippen molar-refractivity contribution in [3.8, 4) is 5.75 Å². The molecule has 0 spiro atoms. The average molecular weight is 323 g/mol. The van der Waals surface area contributed by atoms with Gasteiger partial charge >= 0.3 is 0 Å². The minimum absolute atomic E-state index is 0.0724. The Balaban J connectivity index is 2.04. The number of methoxy groups -OCH3 is 1. The smallest absolute Gasteiger partial charge is 0.246 e. The van der Waals surface area contributed by atoms with Crippen LogP contribution in [0, 0.1) is 0 Å². The van der Waals surface area contributed by atoms with Crippen LogP contribution in [0.2, 0.25) is 0 Å². The van der Waals surface area contributed by atoms with Crippen molar-refractivity contribution in [2.45, 2.75) is 19.4 Å². The van der Waals surface area contributed by atoms with Gasteiger partial charge in [0.15, 0.2) is 9.84 Å². The molecule has 120 valence electrons. The molecule has 22 heavy (non-hydrogen) atoms. The fourth-order valence-electron chi connectivity index (χ4n) is 2.59. The van der Waals surface area contributed by atoms with Crippen LogP contribution in [0.15, 0.2) is 30.3 Å². The van der Waals surface area contributed by atoms with Gasteiger partial charge < -0.3 is 9.64 Å². The highest BCUT2D eigenvalue weighted by molar-refractivity contribution is 7.91. The highest BCUT2D eigenvalue weighted by Gasteiger charge is 2.33. The number of carbonyl (C=O) groups is 1. The molecule has 0 saturated carbocycles. The Labute approximate surface area is 131 Å². The number of amides is 1. The van der Waals surface area contributed by atoms with Crippen LogP contribution in [0.5, 0.6) is 5.75 Å². The number of ether oxygens (including phenoxy) is 1. The van der Waals surface area contributed by atoms with Gasteiger partial charge in [0.2, 0.25) is 5.91 Å². The van der Waals surface area contributed by atoms with Crippen molar-refractivity contribution in [1.82, 2.24) is 4.90 Å². The summed E-state index contributed by atoms with van der Waals surface area (Å²) < 4.78 is 28.2. The van der Waals surface area contributed by atoms with Crippen molar-refractivity contribution in [2.75, 3.05) is 25.2 Å². The standard InChI is InChI=1S/C16H21NO4S/c1-3-17(14-10-11-22(19,20)12-14)16(18)9-6-13-4-7-15(21-2)8-5-13/h4-9,14H,3,10-12H2,1-2H3/b9-6+/t14-/m0/s1. The summed E-state index contributed by atoms with van der Waals surface area (Å²) in [6.07, 6.45) is 3.75. The fourth-order valence-corrected chi connectivity index (χ4v) is 4.32. The van der Waals surface area contributed by atoms with Gasteiger partial charge in [0.05, 0.1) is 18.6 Å². The largest absolute Gasteiger partial charge is 0.497 e. The molecule has 0 aliphatic carbocycles. The molecule has 0 aromatic heterocycles. The second kappa shape index (κ2) is 6.96. The summed E-state index contributed by atoms with van der Waals surface area (Å²) in [4.78, 5) is 13.9. The van der Waals surface area contributed by atoms with Crippen LogP contribution < -0.4 is 4.74 Å². The van der Waals surface area contributed by atoms with Crippen molar-refractivity contribution in [3.63, 3.8) is 0 Å². The monoisotopic (exact) mass is 323 g/mol. The quantitative estimate of drug-likeness (QED) is 0.774. The molecule has 0 unspecified atom stereocenters. The van der Waals surface area contributed by atoms with Crippen molar-refractivity contribution >= 4 is 21.8 Å². The fraction of sp³-hybridized carbons (Fsp3) is 0.438. The number of benzene rings is 1. The van der Waals surface area contributed by atoms with Gasteiger partial charge in [-0.1, -0.05) is 12.1 Å². The molecule has 1 aliphatic rings. The van der Waals surface area contributed by atoms with Crippen LogP contribution in [0.1, 0.15) is 18.9 Å². The van der Waals surface area contributed by atoms with Gasteiger partial charge in [0.1, 0.15) is 5.75 Å². The Morgan fingerprint density at radius 1 is 1.36 bits per heavy atom. The lowest BCUT2D eigenvalue weighted by Crippen LogP contribution is -2.40. The van der Waals surface area contributed by atoms with Gasteiger partial charge in [-0.2, -0.15) is 0 Å². The molecule has 1 aromatic carbocycles. The van der Waals surface area contributed by atoms with Gasteiger partial charge in [-0.05, 0) is 37.1 Å². The second-order valence-electron chi connectivity index (χ2n) is 5.29. The zero-order valence-corrected chi connectivity index (χ0v) is 13.7. The Bertz CT molecular complexity index is 649. The minimum Gasteiger partial charge on any atom is -0.497 e. The summed E-state index contributed by atoms with van der Waals surface area (Å²) in [7, 11) is -1.39. The van der Waals surface area contributed by atoms with E-state index < -0.39 is 9.84 Å². The van der Waals surface area contributed by atoms with Crippen molar-refractivity contribution in [2.24, 2.45) is 0 Å². The Hall–Kier alpha value is -1.82. The number of hydrogen-bond acceptors (Lipinski definition) is 4.